The molecule has 106 valence electrons. The Morgan fingerprint density at radius 2 is 1.83 bits per heavy atom. The monoisotopic (exact) mass is 254 g/mol. The van der Waals surface area contributed by atoms with Crippen molar-refractivity contribution in [1.82, 2.24) is 10.6 Å². The standard InChI is InChI=1S/C15H30N2O/c1-12(2)16-11-7-10-15(18)17-13(3)14-8-5-4-6-9-14/h12-14,16H,4-11H2,1-3H3,(H,17,18)/t13-/m1/s1. The summed E-state index contributed by atoms with van der Waals surface area (Å²) in [7, 11) is 0. The minimum atomic E-state index is 0.221. The Bertz CT molecular complexity index is 235. The smallest absolute Gasteiger partial charge is 0.220 e. The second kappa shape index (κ2) is 8.52. The number of amides is 1. The zero-order chi connectivity index (χ0) is 13.4. The van der Waals surface area contributed by atoms with Crippen molar-refractivity contribution in [2.45, 2.75) is 77.8 Å². The maximum absolute atomic E-state index is 11.8. The van der Waals surface area contributed by atoms with Gasteiger partial charge in [0.05, 0.1) is 0 Å². The predicted octanol–water partition coefficient (Wildman–Crippen LogP) is 2.85. The van der Waals surface area contributed by atoms with E-state index >= 15 is 0 Å². The average Bonchev–Trinajstić information content (AvgIpc) is 2.35. The molecule has 2 N–H and O–H groups in total. The van der Waals surface area contributed by atoms with E-state index in [1.807, 2.05) is 0 Å². The summed E-state index contributed by atoms with van der Waals surface area (Å²) in [6, 6.07) is 0.866. The minimum Gasteiger partial charge on any atom is -0.353 e. The second-order valence-corrected chi connectivity index (χ2v) is 5.97. The summed E-state index contributed by atoms with van der Waals surface area (Å²) in [6.45, 7) is 7.36. The zero-order valence-electron chi connectivity index (χ0n) is 12.3. The molecule has 1 atom stereocenters. The first kappa shape index (κ1) is 15.5. The SMILES string of the molecule is CC(C)NCCCC(=O)N[C@H](C)C1CCCCC1. The molecule has 0 bridgehead atoms. The number of hydrogen-bond acceptors (Lipinski definition) is 2. The van der Waals surface area contributed by atoms with Gasteiger partial charge in [-0.25, -0.2) is 0 Å². The lowest BCUT2D eigenvalue weighted by molar-refractivity contribution is -0.122. The largest absolute Gasteiger partial charge is 0.353 e. The van der Waals surface area contributed by atoms with Gasteiger partial charge in [-0.15, -0.1) is 0 Å². The third-order valence-electron chi connectivity index (χ3n) is 3.88. The van der Waals surface area contributed by atoms with Crippen LogP contribution in [0.1, 0.15) is 65.7 Å². The van der Waals surface area contributed by atoms with Gasteiger partial charge in [0.15, 0.2) is 0 Å². The molecule has 1 rings (SSSR count). The van der Waals surface area contributed by atoms with E-state index in [-0.39, 0.29) is 5.91 Å². The summed E-state index contributed by atoms with van der Waals surface area (Å²) >= 11 is 0. The van der Waals surface area contributed by atoms with Gasteiger partial charge in [0, 0.05) is 18.5 Å². The van der Waals surface area contributed by atoms with Gasteiger partial charge in [0.25, 0.3) is 0 Å². The molecule has 1 aliphatic carbocycles. The Labute approximate surface area is 112 Å². The van der Waals surface area contributed by atoms with E-state index in [0.29, 0.717) is 24.4 Å². The molecule has 0 spiro atoms. The molecule has 0 aliphatic heterocycles. The highest BCUT2D eigenvalue weighted by atomic mass is 16.1. The molecule has 0 aromatic rings. The number of hydrogen-bond donors (Lipinski definition) is 2. The Hall–Kier alpha value is -0.570. The summed E-state index contributed by atoms with van der Waals surface area (Å²) in [4.78, 5) is 11.8. The van der Waals surface area contributed by atoms with E-state index in [1.54, 1.807) is 0 Å². The Morgan fingerprint density at radius 3 is 2.44 bits per heavy atom. The van der Waals surface area contributed by atoms with Crippen LogP contribution >= 0.6 is 0 Å². The van der Waals surface area contributed by atoms with Crippen LogP contribution in [0.15, 0.2) is 0 Å². The van der Waals surface area contributed by atoms with Crippen molar-refractivity contribution in [1.29, 1.82) is 0 Å². The quantitative estimate of drug-likeness (QED) is 0.686. The first-order valence-corrected chi connectivity index (χ1v) is 7.62. The molecule has 0 radical (unpaired) electrons. The molecule has 1 fully saturated rings. The van der Waals surface area contributed by atoms with Crippen molar-refractivity contribution in [2.24, 2.45) is 5.92 Å². The van der Waals surface area contributed by atoms with Crippen LogP contribution in [0.4, 0.5) is 0 Å². The number of rotatable bonds is 7. The molecule has 1 amide bonds. The van der Waals surface area contributed by atoms with Gasteiger partial charge in [-0.3, -0.25) is 4.79 Å². The van der Waals surface area contributed by atoms with Gasteiger partial charge in [-0.1, -0.05) is 33.1 Å². The molecule has 0 saturated heterocycles. The zero-order valence-corrected chi connectivity index (χ0v) is 12.3. The fourth-order valence-corrected chi connectivity index (χ4v) is 2.72. The number of carbonyl (C=O) groups is 1. The molecule has 0 unspecified atom stereocenters. The lowest BCUT2D eigenvalue weighted by Crippen LogP contribution is -2.39. The van der Waals surface area contributed by atoms with Crippen LogP contribution in [0.5, 0.6) is 0 Å². The van der Waals surface area contributed by atoms with Crippen LogP contribution < -0.4 is 10.6 Å². The molecular formula is C15H30N2O. The lowest BCUT2D eigenvalue weighted by Gasteiger charge is -2.28. The third-order valence-corrected chi connectivity index (χ3v) is 3.88. The van der Waals surface area contributed by atoms with Crippen molar-refractivity contribution < 1.29 is 4.79 Å². The summed E-state index contributed by atoms with van der Waals surface area (Å²) in [5.41, 5.74) is 0. The van der Waals surface area contributed by atoms with Crippen molar-refractivity contribution in [3.63, 3.8) is 0 Å². The topological polar surface area (TPSA) is 41.1 Å². The number of carbonyl (C=O) groups excluding carboxylic acids is 1. The van der Waals surface area contributed by atoms with Gasteiger partial charge in [0.1, 0.15) is 0 Å². The van der Waals surface area contributed by atoms with Crippen molar-refractivity contribution >= 4 is 5.91 Å². The highest BCUT2D eigenvalue weighted by Gasteiger charge is 2.20. The van der Waals surface area contributed by atoms with Gasteiger partial charge in [0.2, 0.25) is 5.91 Å². The summed E-state index contributed by atoms with van der Waals surface area (Å²) in [6.07, 6.45) is 8.20. The van der Waals surface area contributed by atoms with Crippen LogP contribution in [0.3, 0.4) is 0 Å². The van der Waals surface area contributed by atoms with Gasteiger partial charge in [-0.05, 0) is 38.6 Å². The normalized spacial score (nSPS) is 18.9. The summed E-state index contributed by atoms with van der Waals surface area (Å²) in [5.74, 6) is 0.926. The van der Waals surface area contributed by atoms with E-state index in [0.717, 1.165) is 13.0 Å². The highest BCUT2D eigenvalue weighted by Crippen LogP contribution is 2.26. The van der Waals surface area contributed by atoms with Gasteiger partial charge in [-0.2, -0.15) is 0 Å². The van der Waals surface area contributed by atoms with Crippen LogP contribution in [-0.4, -0.2) is 24.5 Å². The van der Waals surface area contributed by atoms with Gasteiger partial charge < -0.3 is 10.6 Å². The van der Waals surface area contributed by atoms with Crippen LogP contribution in [-0.2, 0) is 4.79 Å². The molecule has 0 heterocycles. The van der Waals surface area contributed by atoms with E-state index in [4.69, 9.17) is 0 Å². The first-order valence-electron chi connectivity index (χ1n) is 7.62. The second-order valence-electron chi connectivity index (χ2n) is 5.97. The minimum absolute atomic E-state index is 0.221. The fourth-order valence-electron chi connectivity index (χ4n) is 2.72. The van der Waals surface area contributed by atoms with E-state index < -0.39 is 0 Å². The lowest BCUT2D eigenvalue weighted by atomic mass is 9.84. The maximum atomic E-state index is 11.8. The Morgan fingerprint density at radius 1 is 1.17 bits per heavy atom. The predicted molar refractivity (Wildman–Crippen MR) is 76.6 cm³/mol. The van der Waals surface area contributed by atoms with Gasteiger partial charge >= 0.3 is 0 Å². The van der Waals surface area contributed by atoms with Crippen molar-refractivity contribution in [3.05, 3.63) is 0 Å². The van der Waals surface area contributed by atoms with E-state index in [9.17, 15) is 4.79 Å². The molecule has 0 aromatic heterocycles. The maximum Gasteiger partial charge on any atom is 0.220 e. The summed E-state index contributed by atoms with van der Waals surface area (Å²) in [5, 5.41) is 6.51. The first-order chi connectivity index (χ1) is 8.59. The molecule has 1 saturated carbocycles. The van der Waals surface area contributed by atoms with E-state index in [2.05, 4.69) is 31.4 Å². The third kappa shape index (κ3) is 6.39. The Kier molecular flexibility index (Phi) is 7.33. The molecule has 3 nitrogen and oxygen atoms in total. The van der Waals surface area contributed by atoms with Crippen molar-refractivity contribution in [3.8, 4) is 0 Å². The average molecular weight is 254 g/mol. The number of nitrogens with one attached hydrogen (secondary N) is 2. The molecule has 18 heavy (non-hydrogen) atoms. The molecule has 0 aromatic carbocycles. The molecule has 3 heteroatoms. The van der Waals surface area contributed by atoms with E-state index in [1.165, 1.54) is 32.1 Å². The Balaban J connectivity index is 2.10. The van der Waals surface area contributed by atoms with Crippen LogP contribution in [0.2, 0.25) is 0 Å². The highest BCUT2D eigenvalue weighted by molar-refractivity contribution is 5.76. The molecule has 1 aliphatic rings. The van der Waals surface area contributed by atoms with Crippen LogP contribution in [0.25, 0.3) is 0 Å². The van der Waals surface area contributed by atoms with Crippen LogP contribution in [0, 0.1) is 5.92 Å². The van der Waals surface area contributed by atoms with Crippen molar-refractivity contribution in [2.75, 3.05) is 6.54 Å². The fraction of sp³-hybridized carbons (Fsp3) is 0.933. The summed E-state index contributed by atoms with van der Waals surface area (Å²) < 4.78 is 0. The molecular weight excluding hydrogens is 224 g/mol.